The van der Waals surface area contributed by atoms with Crippen molar-refractivity contribution in [1.82, 2.24) is 10.5 Å². The normalized spacial score (nSPS) is 13.7. The molecule has 1 aliphatic rings. The Morgan fingerprint density at radius 2 is 2.10 bits per heavy atom. The van der Waals surface area contributed by atoms with Crippen LogP contribution in [0, 0.1) is 0 Å². The lowest BCUT2D eigenvalue weighted by Gasteiger charge is -2.08. The first-order chi connectivity index (χ1) is 10.1. The van der Waals surface area contributed by atoms with Crippen LogP contribution in [0.1, 0.15) is 51.0 Å². The highest BCUT2D eigenvalue weighted by atomic mass is 16.5. The Bertz CT molecular complexity index is 685. The van der Waals surface area contributed by atoms with Crippen LogP contribution in [-0.4, -0.2) is 22.1 Å². The van der Waals surface area contributed by atoms with Crippen molar-refractivity contribution in [2.45, 2.75) is 32.2 Å². The molecule has 0 fully saturated rings. The predicted octanol–water partition coefficient (Wildman–Crippen LogP) is 1.77. The first-order valence-corrected chi connectivity index (χ1v) is 6.73. The molecule has 21 heavy (non-hydrogen) atoms. The maximum Gasteiger partial charge on any atom is 0.371 e. The number of aromatic carboxylic acids is 1. The molecule has 2 aromatic heterocycles. The predicted molar refractivity (Wildman–Crippen MR) is 70.0 cm³/mol. The first kappa shape index (κ1) is 13.4. The highest BCUT2D eigenvalue weighted by molar-refractivity contribution is 5.93. The van der Waals surface area contributed by atoms with Crippen LogP contribution in [0.2, 0.25) is 0 Å². The van der Waals surface area contributed by atoms with Crippen LogP contribution in [-0.2, 0) is 19.4 Å². The van der Waals surface area contributed by atoms with E-state index in [9.17, 15) is 9.59 Å². The van der Waals surface area contributed by atoms with Gasteiger partial charge in [0.05, 0.1) is 6.54 Å². The van der Waals surface area contributed by atoms with Gasteiger partial charge in [0.25, 0.3) is 5.91 Å². The number of aromatic nitrogens is 1. The second-order valence-electron chi connectivity index (χ2n) is 4.89. The first-order valence-electron chi connectivity index (χ1n) is 6.73. The number of furan rings is 1. The van der Waals surface area contributed by atoms with E-state index in [-0.39, 0.29) is 18.2 Å². The van der Waals surface area contributed by atoms with E-state index in [1.165, 1.54) is 12.1 Å². The van der Waals surface area contributed by atoms with Gasteiger partial charge in [-0.3, -0.25) is 4.79 Å². The molecule has 110 valence electrons. The minimum atomic E-state index is -1.14. The van der Waals surface area contributed by atoms with E-state index in [4.69, 9.17) is 14.0 Å². The molecule has 0 saturated heterocycles. The number of carboxylic acids is 1. The minimum Gasteiger partial charge on any atom is -0.475 e. The Morgan fingerprint density at radius 1 is 1.29 bits per heavy atom. The Balaban J connectivity index is 1.66. The summed E-state index contributed by atoms with van der Waals surface area (Å²) in [6, 6.07) is 2.86. The maximum atomic E-state index is 12.1. The van der Waals surface area contributed by atoms with Crippen molar-refractivity contribution >= 4 is 11.9 Å². The second kappa shape index (κ2) is 5.43. The van der Waals surface area contributed by atoms with E-state index in [0.29, 0.717) is 11.5 Å². The molecule has 0 saturated carbocycles. The van der Waals surface area contributed by atoms with Crippen LogP contribution in [0.25, 0.3) is 0 Å². The number of fused-ring (bicyclic) bond motifs is 1. The van der Waals surface area contributed by atoms with Gasteiger partial charge in [0.1, 0.15) is 11.5 Å². The number of nitrogens with one attached hydrogen (secondary N) is 1. The Hall–Kier alpha value is -2.57. The third kappa shape index (κ3) is 2.67. The zero-order valence-corrected chi connectivity index (χ0v) is 11.2. The van der Waals surface area contributed by atoms with Crippen LogP contribution in [0.15, 0.2) is 21.1 Å². The standard InChI is InChI=1S/C14H14N2O5/c17-13(12-9-3-1-2-4-10(9)21-16-12)15-7-8-5-6-11(20-8)14(18)19/h5-6H,1-4,7H2,(H,15,17)(H,18,19). The lowest BCUT2D eigenvalue weighted by atomic mass is 9.96. The molecule has 0 aromatic carbocycles. The van der Waals surface area contributed by atoms with Gasteiger partial charge < -0.3 is 19.4 Å². The van der Waals surface area contributed by atoms with E-state index in [1.54, 1.807) is 0 Å². The summed E-state index contributed by atoms with van der Waals surface area (Å²) in [4.78, 5) is 22.8. The molecule has 0 bridgehead atoms. The Morgan fingerprint density at radius 3 is 2.86 bits per heavy atom. The number of rotatable bonds is 4. The van der Waals surface area contributed by atoms with Gasteiger partial charge in [-0.2, -0.15) is 0 Å². The summed E-state index contributed by atoms with van der Waals surface area (Å²) in [5.74, 6) is -0.470. The van der Waals surface area contributed by atoms with Gasteiger partial charge in [0.2, 0.25) is 5.76 Å². The molecular formula is C14H14N2O5. The van der Waals surface area contributed by atoms with Crippen molar-refractivity contribution in [2.24, 2.45) is 0 Å². The lowest BCUT2D eigenvalue weighted by Crippen LogP contribution is -2.24. The average molecular weight is 290 g/mol. The number of carbonyl (C=O) groups excluding carboxylic acids is 1. The molecule has 2 heterocycles. The fourth-order valence-corrected chi connectivity index (χ4v) is 2.40. The van der Waals surface area contributed by atoms with E-state index in [1.807, 2.05) is 0 Å². The minimum absolute atomic E-state index is 0.105. The molecular weight excluding hydrogens is 276 g/mol. The van der Waals surface area contributed by atoms with E-state index in [2.05, 4.69) is 10.5 Å². The Labute approximate surface area is 119 Å². The number of carbonyl (C=O) groups is 2. The van der Waals surface area contributed by atoms with E-state index >= 15 is 0 Å². The monoisotopic (exact) mass is 290 g/mol. The largest absolute Gasteiger partial charge is 0.475 e. The van der Waals surface area contributed by atoms with Crippen molar-refractivity contribution in [3.05, 3.63) is 40.7 Å². The van der Waals surface area contributed by atoms with Crippen LogP contribution in [0.5, 0.6) is 0 Å². The number of hydrogen-bond acceptors (Lipinski definition) is 5. The summed E-state index contributed by atoms with van der Waals surface area (Å²) in [6.45, 7) is 0.105. The van der Waals surface area contributed by atoms with Crippen molar-refractivity contribution in [3.8, 4) is 0 Å². The fraction of sp³-hybridized carbons (Fsp3) is 0.357. The topological polar surface area (TPSA) is 106 Å². The zero-order valence-electron chi connectivity index (χ0n) is 11.2. The molecule has 0 atom stereocenters. The van der Waals surface area contributed by atoms with Crippen LogP contribution < -0.4 is 5.32 Å². The summed E-state index contributed by atoms with van der Waals surface area (Å²) in [6.07, 6.45) is 3.68. The van der Waals surface area contributed by atoms with Gasteiger partial charge in [-0.05, 0) is 31.4 Å². The summed E-state index contributed by atoms with van der Waals surface area (Å²) < 4.78 is 10.3. The van der Waals surface area contributed by atoms with Crippen molar-refractivity contribution in [2.75, 3.05) is 0 Å². The molecule has 0 aliphatic heterocycles. The molecule has 3 rings (SSSR count). The summed E-state index contributed by atoms with van der Waals surface area (Å²) in [5.41, 5.74) is 1.19. The van der Waals surface area contributed by atoms with Gasteiger partial charge >= 0.3 is 5.97 Å². The van der Waals surface area contributed by atoms with Gasteiger partial charge in [-0.25, -0.2) is 4.79 Å². The summed E-state index contributed by atoms with van der Waals surface area (Å²) in [7, 11) is 0. The molecule has 1 amide bonds. The number of hydrogen-bond donors (Lipinski definition) is 2. The highest BCUT2D eigenvalue weighted by Crippen LogP contribution is 2.24. The van der Waals surface area contributed by atoms with Crippen LogP contribution in [0.3, 0.4) is 0 Å². The lowest BCUT2D eigenvalue weighted by molar-refractivity contribution is 0.0660. The SMILES string of the molecule is O=C(O)c1ccc(CNC(=O)c2noc3c2CCCC3)o1. The van der Waals surface area contributed by atoms with Crippen molar-refractivity contribution in [1.29, 1.82) is 0 Å². The van der Waals surface area contributed by atoms with Gasteiger partial charge in [0.15, 0.2) is 5.69 Å². The van der Waals surface area contributed by atoms with Crippen molar-refractivity contribution in [3.63, 3.8) is 0 Å². The quantitative estimate of drug-likeness (QED) is 0.889. The molecule has 7 nitrogen and oxygen atoms in total. The molecule has 2 N–H and O–H groups in total. The van der Waals surface area contributed by atoms with Crippen LogP contribution >= 0.6 is 0 Å². The second-order valence-corrected chi connectivity index (χ2v) is 4.89. The third-order valence-corrected chi connectivity index (χ3v) is 3.46. The van der Waals surface area contributed by atoms with Gasteiger partial charge in [-0.15, -0.1) is 0 Å². The van der Waals surface area contributed by atoms with Gasteiger partial charge in [0, 0.05) is 12.0 Å². The maximum absolute atomic E-state index is 12.1. The Kier molecular flexibility index (Phi) is 3.47. The molecule has 0 radical (unpaired) electrons. The molecule has 7 heteroatoms. The number of aryl methyl sites for hydroxylation is 1. The van der Waals surface area contributed by atoms with Crippen LogP contribution in [0.4, 0.5) is 0 Å². The van der Waals surface area contributed by atoms with Gasteiger partial charge in [-0.1, -0.05) is 5.16 Å². The zero-order chi connectivity index (χ0) is 14.8. The highest BCUT2D eigenvalue weighted by Gasteiger charge is 2.24. The number of amides is 1. The van der Waals surface area contributed by atoms with E-state index < -0.39 is 5.97 Å². The fourth-order valence-electron chi connectivity index (χ4n) is 2.40. The van der Waals surface area contributed by atoms with Crippen molar-refractivity contribution < 1.29 is 23.6 Å². The third-order valence-electron chi connectivity index (χ3n) is 3.46. The molecule has 2 aromatic rings. The number of nitrogens with zero attached hydrogens (tertiary/aromatic N) is 1. The average Bonchev–Trinajstić information content (AvgIpc) is 3.11. The van der Waals surface area contributed by atoms with E-state index in [0.717, 1.165) is 37.0 Å². The molecule has 0 spiro atoms. The summed E-state index contributed by atoms with van der Waals surface area (Å²) in [5, 5.41) is 15.2. The smallest absolute Gasteiger partial charge is 0.371 e. The molecule has 1 aliphatic carbocycles. The number of carboxylic acid groups (broad SMARTS) is 1. The summed E-state index contributed by atoms with van der Waals surface area (Å²) >= 11 is 0. The molecule has 0 unspecified atom stereocenters.